The van der Waals surface area contributed by atoms with Crippen LogP contribution in [0.1, 0.15) is 5.69 Å². The van der Waals surface area contributed by atoms with Gasteiger partial charge in [0.05, 0.1) is 10.2 Å². The number of benzene rings is 1. The van der Waals surface area contributed by atoms with Crippen molar-refractivity contribution in [3.63, 3.8) is 0 Å². The number of fused-ring (bicyclic) bond motifs is 2. The number of thiazole rings is 2. The van der Waals surface area contributed by atoms with Crippen molar-refractivity contribution in [2.45, 2.75) is 15.8 Å². The van der Waals surface area contributed by atoms with Crippen molar-refractivity contribution < 1.29 is 29.1 Å². The molecule has 1 unspecified atom stereocenters. The highest BCUT2D eigenvalue weighted by Gasteiger charge is 2.54. The minimum atomic E-state index is -1.20. The number of para-hydroxylation sites is 1. The lowest BCUT2D eigenvalue weighted by Crippen LogP contribution is -2.71. The van der Waals surface area contributed by atoms with E-state index in [-0.39, 0.29) is 22.2 Å². The van der Waals surface area contributed by atoms with Gasteiger partial charge in [-0.3, -0.25) is 19.3 Å². The quantitative estimate of drug-likeness (QED) is 0.105. The van der Waals surface area contributed by atoms with Crippen molar-refractivity contribution in [1.82, 2.24) is 20.2 Å². The third-order valence-electron chi connectivity index (χ3n) is 5.51. The number of amides is 3. The Hall–Kier alpha value is -3.47. The average molecular weight is 591 g/mol. The van der Waals surface area contributed by atoms with E-state index >= 15 is 0 Å². The number of carboxylic acids is 1. The maximum absolute atomic E-state index is 13.0. The number of carbonyl (C=O) groups is 4. The second kappa shape index (κ2) is 11.1. The summed E-state index contributed by atoms with van der Waals surface area (Å²) in [6, 6.07) is 6.79. The molecular weight excluding hydrogens is 573 g/mol. The summed E-state index contributed by atoms with van der Waals surface area (Å²) < 4.78 is 1.86. The van der Waals surface area contributed by atoms with E-state index in [0.29, 0.717) is 23.5 Å². The van der Waals surface area contributed by atoms with Gasteiger partial charge in [0.25, 0.3) is 11.8 Å². The van der Waals surface area contributed by atoms with Crippen LogP contribution in [0.2, 0.25) is 0 Å². The number of aromatic nitrogens is 2. The first kappa shape index (κ1) is 26.1. The predicted octanol–water partition coefficient (Wildman–Crippen LogP) is 2.20. The van der Waals surface area contributed by atoms with Crippen LogP contribution < -0.4 is 10.6 Å². The van der Waals surface area contributed by atoms with Crippen molar-refractivity contribution in [2.24, 2.45) is 5.16 Å². The number of oxime groups is 1. The van der Waals surface area contributed by atoms with Gasteiger partial charge in [-0.25, -0.2) is 14.8 Å². The highest BCUT2D eigenvalue weighted by atomic mass is 32.2. The Labute approximate surface area is 231 Å². The van der Waals surface area contributed by atoms with E-state index in [4.69, 9.17) is 4.84 Å². The first-order valence-corrected chi connectivity index (χ1v) is 14.6. The van der Waals surface area contributed by atoms with Gasteiger partial charge >= 0.3 is 5.97 Å². The largest absolute Gasteiger partial charge is 0.477 e. The number of hydrogen-bond donors (Lipinski definition) is 3. The molecule has 2 aliphatic rings. The van der Waals surface area contributed by atoms with Crippen LogP contribution >= 0.6 is 46.2 Å². The van der Waals surface area contributed by atoms with Crippen molar-refractivity contribution in [3.05, 3.63) is 46.6 Å². The number of aliphatic carboxylic acids is 1. The molecule has 4 heterocycles. The molecule has 0 aliphatic carbocycles. The number of rotatable bonds is 10. The fourth-order valence-electron chi connectivity index (χ4n) is 3.86. The van der Waals surface area contributed by atoms with E-state index in [1.165, 1.54) is 52.3 Å². The van der Waals surface area contributed by atoms with Crippen molar-refractivity contribution in [1.29, 1.82) is 0 Å². The monoisotopic (exact) mass is 590 g/mol. The molecule has 38 heavy (non-hydrogen) atoms. The molecule has 12 nitrogen and oxygen atoms in total. The molecule has 196 valence electrons. The fourth-order valence-corrected chi connectivity index (χ4v) is 8.07. The number of thioether (sulfide) groups is 2. The maximum atomic E-state index is 13.0. The van der Waals surface area contributed by atoms with E-state index in [1.54, 1.807) is 0 Å². The second-order valence-corrected chi connectivity index (χ2v) is 12.0. The second-order valence-electron chi connectivity index (χ2n) is 7.78. The summed E-state index contributed by atoms with van der Waals surface area (Å²) in [5.41, 5.74) is 1.40. The zero-order valence-corrected chi connectivity index (χ0v) is 22.7. The molecule has 5 rings (SSSR count). The van der Waals surface area contributed by atoms with Gasteiger partial charge in [0.15, 0.2) is 15.2 Å². The van der Waals surface area contributed by atoms with Crippen LogP contribution in [0, 0.1) is 0 Å². The molecule has 1 saturated heterocycles. The van der Waals surface area contributed by atoms with Gasteiger partial charge in [0.2, 0.25) is 6.41 Å². The number of hydrogen-bond acceptors (Lipinski definition) is 12. The SMILES string of the molecule is CO/N=C(/C(=O)NC1C(=O)N2C(C(=O)O)=C(CSc3nc4ccccc4s3)CS[C@H]12)c1csc(NC=O)n1. The third kappa shape index (κ3) is 4.99. The summed E-state index contributed by atoms with van der Waals surface area (Å²) >= 11 is 5.41. The van der Waals surface area contributed by atoms with Crippen LogP contribution in [-0.4, -0.2) is 79.9 Å². The van der Waals surface area contributed by atoms with Crippen LogP contribution in [0.3, 0.4) is 0 Å². The molecule has 1 aromatic carbocycles. The molecule has 0 radical (unpaired) electrons. The fraction of sp³-hybridized carbons (Fsp3) is 0.227. The van der Waals surface area contributed by atoms with Crippen molar-refractivity contribution in [3.8, 4) is 0 Å². The number of carbonyl (C=O) groups excluding carboxylic acids is 3. The lowest BCUT2D eigenvalue weighted by molar-refractivity contribution is -0.150. The number of carboxylic acid groups (broad SMARTS) is 1. The number of anilines is 1. The van der Waals surface area contributed by atoms with Crippen LogP contribution in [0.25, 0.3) is 10.2 Å². The Kier molecular flexibility index (Phi) is 7.64. The highest BCUT2D eigenvalue weighted by Crippen LogP contribution is 2.42. The van der Waals surface area contributed by atoms with Gasteiger partial charge in [-0.1, -0.05) is 29.1 Å². The topological polar surface area (TPSA) is 163 Å². The Morgan fingerprint density at radius 3 is 2.89 bits per heavy atom. The summed E-state index contributed by atoms with van der Waals surface area (Å²) in [6.07, 6.45) is 0.455. The first-order chi connectivity index (χ1) is 18.4. The Morgan fingerprint density at radius 1 is 1.34 bits per heavy atom. The first-order valence-electron chi connectivity index (χ1n) is 10.9. The lowest BCUT2D eigenvalue weighted by Gasteiger charge is -2.49. The van der Waals surface area contributed by atoms with Crippen LogP contribution in [0.4, 0.5) is 5.13 Å². The summed E-state index contributed by atoms with van der Waals surface area (Å²) in [5.74, 6) is -1.70. The minimum absolute atomic E-state index is 0.0623. The molecule has 3 amide bonds. The van der Waals surface area contributed by atoms with Gasteiger partial charge in [-0.05, 0) is 17.7 Å². The van der Waals surface area contributed by atoms with Crippen LogP contribution in [-0.2, 0) is 24.0 Å². The Balaban J connectivity index is 1.29. The van der Waals surface area contributed by atoms with Crippen molar-refractivity contribution >= 4 is 91.5 Å². The maximum Gasteiger partial charge on any atom is 0.352 e. The molecule has 16 heteroatoms. The molecule has 2 atom stereocenters. The van der Waals surface area contributed by atoms with Crippen molar-refractivity contribution in [2.75, 3.05) is 23.9 Å². The number of nitrogens with one attached hydrogen (secondary N) is 2. The molecule has 3 aromatic rings. The van der Waals surface area contributed by atoms with Gasteiger partial charge in [-0.15, -0.1) is 34.4 Å². The lowest BCUT2D eigenvalue weighted by atomic mass is 10.0. The zero-order chi connectivity index (χ0) is 26.8. The van der Waals surface area contributed by atoms with Gasteiger partial charge in [0, 0.05) is 16.9 Å². The van der Waals surface area contributed by atoms with E-state index in [9.17, 15) is 24.3 Å². The minimum Gasteiger partial charge on any atom is -0.477 e. The number of β-lactam (4-membered cyclic amide) rings is 1. The molecule has 3 N–H and O–H groups in total. The van der Waals surface area contributed by atoms with Crippen LogP contribution in [0.5, 0.6) is 0 Å². The number of nitrogens with zero attached hydrogens (tertiary/aromatic N) is 4. The molecule has 0 saturated carbocycles. The Morgan fingerprint density at radius 2 is 2.16 bits per heavy atom. The summed E-state index contributed by atoms with van der Waals surface area (Å²) in [4.78, 5) is 63.5. The molecule has 2 aromatic heterocycles. The standard InChI is InChI=1S/C22H18N6O6S4/c1-34-27-14(12-8-36-21(24-12)23-9-29)17(30)26-15-18(31)28-16(20(32)33)10(6-35-19(15)28)7-37-22-25-11-4-2-3-5-13(11)38-22/h2-5,8-9,15,19H,6-7H2,1H3,(H,26,30)(H,32,33)(H,23,24,29)/b27-14+/t15?,19-/m1/s1. The molecule has 0 spiro atoms. The average Bonchev–Trinajstić information content (AvgIpc) is 3.55. The van der Waals surface area contributed by atoms with Gasteiger partial charge in [0.1, 0.15) is 29.9 Å². The summed E-state index contributed by atoms with van der Waals surface area (Å²) in [7, 11) is 1.26. The summed E-state index contributed by atoms with van der Waals surface area (Å²) in [5, 5.41) is 19.8. The highest BCUT2D eigenvalue weighted by molar-refractivity contribution is 8.02. The normalized spacial score (nSPS) is 19.1. The third-order valence-corrected chi connectivity index (χ3v) is 9.89. The van der Waals surface area contributed by atoms with E-state index in [2.05, 4.69) is 25.8 Å². The smallest absolute Gasteiger partial charge is 0.352 e. The van der Waals surface area contributed by atoms with E-state index in [1.807, 2.05) is 24.3 Å². The van der Waals surface area contributed by atoms with Gasteiger partial charge in [-0.2, -0.15) is 0 Å². The predicted molar refractivity (Wildman–Crippen MR) is 145 cm³/mol. The summed E-state index contributed by atoms with van der Waals surface area (Å²) in [6.45, 7) is 0. The molecule has 2 aliphatic heterocycles. The zero-order valence-electron chi connectivity index (χ0n) is 19.4. The van der Waals surface area contributed by atoms with Gasteiger partial charge < -0.3 is 20.6 Å². The van der Waals surface area contributed by atoms with E-state index in [0.717, 1.165) is 25.9 Å². The van der Waals surface area contributed by atoms with E-state index < -0.39 is 29.2 Å². The molecule has 1 fully saturated rings. The van der Waals surface area contributed by atoms with Crippen LogP contribution in [0.15, 0.2) is 50.4 Å². The molecule has 0 bridgehead atoms. The Bertz CT molecular complexity index is 1470. The molecular formula is C22H18N6O6S4.